The van der Waals surface area contributed by atoms with E-state index >= 15 is 0 Å². The van der Waals surface area contributed by atoms with Gasteiger partial charge in [-0.15, -0.1) is 0 Å². The van der Waals surface area contributed by atoms with Crippen molar-refractivity contribution < 1.29 is 5.11 Å². The molecule has 2 unspecified atom stereocenters. The molecular weight excluding hydrogens is 128 g/mol. The van der Waals surface area contributed by atoms with E-state index in [2.05, 4.69) is 5.32 Å². The Kier molecular flexibility index (Phi) is 2.28. The third kappa shape index (κ3) is 1.31. The van der Waals surface area contributed by atoms with E-state index in [1.54, 1.807) is 0 Å². The molecule has 0 spiro atoms. The molecule has 60 valence electrons. The Hall–Kier alpha value is -0.120. The van der Waals surface area contributed by atoms with E-state index in [-0.39, 0.29) is 5.92 Å². The molecule has 0 radical (unpaired) electrons. The van der Waals surface area contributed by atoms with Crippen molar-refractivity contribution in [2.24, 2.45) is 11.7 Å². The molecule has 0 aliphatic carbocycles. The van der Waals surface area contributed by atoms with Crippen LogP contribution in [0.3, 0.4) is 0 Å². The maximum Gasteiger partial charge on any atom is 0.0818 e. The molecule has 4 N–H and O–H groups in total. The predicted molar refractivity (Wildman–Crippen MR) is 40.7 cm³/mol. The second kappa shape index (κ2) is 2.86. The highest BCUT2D eigenvalue weighted by Crippen LogP contribution is 2.22. The molecule has 1 aliphatic heterocycles. The molecule has 0 bridgehead atoms. The van der Waals surface area contributed by atoms with Crippen LogP contribution in [0, 0.1) is 5.92 Å². The summed E-state index contributed by atoms with van der Waals surface area (Å²) in [6, 6.07) is 0. The van der Waals surface area contributed by atoms with Crippen molar-refractivity contribution in [1.29, 1.82) is 0 Å². The molecule has 1 fully saturated rings. The summed E-state index contributed by atoms with van der Waals surface area (Å²) in [5.74, 6) is 0.284. The summed E-state index contributed by atoms with van der Waals surface area (Å²) >= 11 is 0. The van der Waals surface area contributed by atoms with Gasteiger partial charge in [0, 0.05) is 13.1 Å². The molecular formula is C7H16N2O. The van der Waals surface area contributed by atoms with E-state index < -0.39 is 5.60 Å². The Balaban J connectivity index is 2.54. The van der Waals surface area contributed by atoms with Crippen LogP contribution in [0.15, 0.2) is 0 Å². The molecule has 1 saturated heterocycles. The van der Waals surface area contributed by atoms with Crippen molar-refractivity contribution in [3.63, 3.8) is 0 Å². The van der Waals surface area contributed by atoms with Gasteiger partial charge in [0.15, 0.2) is 0 Å². The predicted octanol–water partition coefficient (Wildman–Crippen LogP) is -0.694. The Bertz CT molecular complexity index is 118. The maximum atomic E-state index is 9.78. The minimum absolute atomic E-state index is 0.284. The van der Waals surface area contributed by atoms with Gasteiger partial charge in [-0.3, -0.25) is 0 Å². The van der Waals surface area contributed by atoms with E-state index in [0.717, 1.165) is 19.5 Å². The lowest BCUT2D eigenvalue weighted by molar-refractivity contribution is -0.0249. The van der Waals surface area contributed by atoms with Crippen LogP contribution in [0.4, 0.5) is 0 Å². The first-order valence-corrected chi connectivity index (χ1v) is 3.82. The first-order chi connectivity index (χ1) is 4.69. The second-order valence-corrected chi connectivity index (χ2v) is 3.16. The quantitative estimate of drug-likeness (QED) is 0.456. The zero-order chi connectivity index (χ0) is 7.61. The largest absolute Gasteiger partial charge is 0.388 e. The van der Waals surface area contributed by atoms with Crippen molar-refractivity contribution in [2.45, 2.75) is 18.9 Å². The van der Waals surface area contributed by atoms with Gasteiger partial charge in [-0.1, -0.05) is 6.92 Å². The first kappa shape index (κ1) is 7.98. The summed E-state index contributed by atoms with van der Waals surface area (Å²) in [7, 11) is 0. The molecule has 2 atom stereocenters. The molecule has 1 heterocycles. The first-order valence-electron chi connectivity index (χ1n) is 3.82. The Morgan fingerprint density at radius 2 is 2.50 bits per heavy atom. The average Bonchev–Trinajstić information content (AvgIpc) is 1.96. The fourth-order valence-electron chi connectivity index (χ4n) is 1.36. The van der Waals surface area contributed by atoms with E-state index in [0.29, 0.717) is 6.54 Å². The Morgan fingerprint density at radius 3 is 2.90 bits per heavy atom. The number of rotatable bonds is 1. The van der Waals surface area contributed by atoms with Crippen molar-refractivity contribution in [1.82, 2.24) is 5.32 Å². The van der Waals surface area contributed by atoms with Gasteiger partial charge in [0.05, 0.1) is 5.60 Å². The van der Waals surface area contributed by atoms with Crippen LogP contribution in [0.2, 0.25) is 0 Å². The van der Waals surface area contributed by atoms with Crippen molar-refractivity contribution in [3.05, 3.63) is 0 Å². The van der Waals surface area contributed by atoms with Crippen molar-refractivity contribution in [3.8, 4) is 0 Å². The molecule has 0 aromatic carbocycles. The smallest absolute Gasteiger partial charge is 0.0818 e. The summed E-state index contributed by atoms with van der Waals surface area (Å²) < 4.78 is 0. The van der Waals surface area contributed by atoms with Crippen LogP contribution in [-0.4, -0.2) is 30.3 Å². The molecule has 3 nitrogen and oxygen atoms in total. The van der Waals surface area contributed by atoms with Gasteiger partial charge in [0.1, 0.15) is 0 Å². The van der Waals surface area contributed by atoms with Crippen LogP contribution in [0.5, 0.6) is 0 Å². The average molecular weight is 144 g/mol. The molecule has 0 saturated carbocycles. The number of nitrogens with one attached hydrogen (secondary N) is 1. The highest BCUT2D eigenvalue weighted by Gasteiger charge is 2.34. The molecule has 1 aliphatic rings. The summed E-state index contributed by atoms with van der Waals surface area (Å²) in [4.78, 5) is 0. The zero-order valence-corrected chi connectivity index (χ0v) is 6.43. The lowest BCUT2D eigenvalue weighted by atomic mass is 9.83. The van der Waals surface area contributed by atoms with Gasteiger partial charge in [0.25, 0.3) is 0 Å². The number of nitrogens with two attached hydrogens (primary N) is 1. The molecule has 1 rings (SSSR count). The highest BCUT2D eigenvalue weighted by molar-refractivity contribution is 4.90. The number of piperidine rings is 1. The van der Waals surface area contributed by atoms with Crippen LogP contribution >= 0.6 is 0 Å². The standard InChI is InChI=1S/C7H16N2O/c1-6-4-9-3-2-7(6,10)5-8/h6,9-10H,2-5,8H2,1H3. The Labute approximate surface area is 61.6 Å². The van der Waals surface area contributed by atoms with Gasteiger partial charge in [-0.2, -0.15) is 0 Å². The fourth-order valence-corrected chi connectivity index (χ4v) is 1.36. The maximum absolute atomic E-state index is 9.78. The molecule has 3 heteroatoms. The minimum Gasteiger partial charge on any atom is -0.388 e. The topological polar surface area (TPSA) is 58.3 Å². The summed E-state index contributed by atoms with van der Waals surface area (Å²) in [5, 5.41) is 13.0. The lowest BCUT2D eigenvalue weighted by Crippen LogP contribution is -2.53. The summed E-state index contributed by atoms with van der Waals surface area (Å²) in [6.07, 6.45) is 0.782. The number of hydrogen-bond acceptors (Lipinski definition) is 3. The van der Waals surface area contributed by atoms with Gasteiger partial charge < -0.3 is 16.2 Å². The summed E-state index contributed by atoms with van der Waals surface area (Å²) in [5.41, 5.74) is 4.84. The molecule has 10 heavy (non-hydrogen) atoms. The Morgan fingerprint density at radius 1 is 1.80 bits per heavy atom. The zero-order valence-electron chi connectivity index (χ0n) is 6.43. The third-order valence-electron chi connectivity index (χ3n) is 2.46. The van der Waals surface area contributed by atoms with Gasteiger partial charge in [0.2, 0.25) is 0 Å². The normalized spacial score (nSPS) is 41.7. The van der Waals surface area contributed by atoms with E-state index in [1.807, 2.05) is 6.92 Å². The lowest BCUT2D eigenvalue weighted by Gasteiger charge is -2.37. The van der Waals surface area contributed by atoms with Crippen LogP contribution in [0.1, 0.15) is 13.3 Å². The van der Waals surface area contributed by atoms with Gasteiger partial charge in [-0.05, 0) is 18.9 Å². The van der Waals surface area contributed by atoms with E-state index in [9.17, 15) is 5.11 Å². The number of aliphatic hydroxyl groups is 1. The molecule has 0 aromatic heterocycles. The fraction of sp³-hybridized carbons (Fsp3) is 1.00. The van der Waals surface area contributed by atoms with Crippen LogP contribution < -0.4 is 11.1 Å². The van der Waals surface area contributed by atoms with Crippen molar-refractivity contribution >= 4 is 0 Å². The van der Waals surface area contributed by atoms with Crippen LogP contribution in [0.25, 0.3) is 0 Å². The van der Waals surface area contributed by atoms with Gasteiger partial charge >= 0.3 is 0 Å². The van der Waals surface area contributed by atoms with Gasteiger partial charge in [-0.25, -0.2) is 0 Å². The molecule has 0 aromatic rings. The summed E-state index contributed by atoms with van der Waals surface area (Å²) in [6.45, 7) is 4.18. The van der Waals surface area contributed by atoms with Crippen LogP contribution in [-0.2, 0) is 0 Å². The van der Waals surface area contributed by atoms with E-state index in [4.69, 9.17) is 5.73 Å². The highest BCUT2D eigenvalue weighted by atomic mass is 16.3. The molecule has 0 amide bonds. The second-order valence-electron chi connectivity index (χ2n) is 3.16. The number of hydrogen-bond donors (Lipinski definition) is 3. The third-order valence-corrected chi connectivity index (χ3v) is 2.46. The van der Waals surface area contributed by atoms with E-state index in [1.165, 1.54) is 0 Å². The monoisotopic (exact) mass is 144 g/mol. The minimum atomic E-state index is -0.606. The van der Waals surface area contributed by atoms with Crippen molar-refractivity contribution in [2.75, 3.05) is 19.6 Å². The SMILES string of the molecule is CC1CNCCC1(O)CN.